The summed E-state index contributed by atoms with van der Waals surface area (Å²) in [7, 11) is 0. The van der Waals surface area contributed by atoms with Gasteiger partial charge in [0.1, 0.15) is 0 Å². The molecule has 10 heteroatoms. The van der Waals surface area contributed by atoms with Crippen LogP contribution in [0.1, 0.15) is 30.1 Å². The molecule has 1 amide bonds. The highest BCUT2D eigenvalue weighted by Crippen LogP contribution is 2.20. The predicted octanol–water partition coefficient (Wildman–Crippen LogP) is 2.03. The van der Waals surface area contributed by atoms with Crippen LogP contribution in [0.4, 0.5) is 13.2 Å². The summed E-state index contributed by atoms with van der Waals surface area (Å²) in [6.45, 7) is 2.00. The zero-order valence-electron chi connectivity index (χ0n) is 14.9. The van der Waals surface area contributed by atoms with E-state index < -0.39 is 18.8 Å². The lowest BCUT2D eigenvalue weighted by Gasteiger charge is -2.37. The third-order valence-corrected chi connectivity index (χ3v) is 4.38. The van der Waals surface area contributed by atoms with Gasteiger partial charge in [0, 0.05) is 31.4 Å². The first-order valence-electron chi connectivity index (χ1n) is 8.60. The Bertz CT molecular complexity index is 644. The number of hydrogen-bond donors (Lipinski definition) is 1. The maximum Gasteiger partial charge on any atom is 0.422 e. The first kappa shape index (κ1) is 20.9. The van der Waals surface area contributed by atoms with Gasteiger partial charge in [0.2, 0.25) is 5.88 Å². The van der Waals surface area contributed by atoms with Crippen molar-refractivity contribution in [1.82, 2.24) is 14.8 Å². The number of halogens is 3. The van der Waals surface area contributed by atoms with Crippen LogP contribution >= 0.6 is 0 Å². The normalized spacial score (nSPS) is 15.8. The Morgan fingerprint density at radius 2 is 2.00 bits per heavy atom. The molecule has 150 valence electrons. The molecule has 1 aromatic heterocycles. The molecule has 1 N–H and O–H groups in total. The number of piperidine rings is 1. The van der Waals surface area contributed by atoms with Crippen molar-refractivity contribution in [3.05, 3.63) is 23.9 Å². The Balaban J connectivity index is 1.89. The van der Waals surface area contributed by atoms with E-state index in [4.69, 9.17) is 5.11 Å². The van der Waals surface area contributed by atoms with E-state index in [1.165, 1.54) is 18.3 Å². The molecule has 0 atom stereocenters. The SMILES string of the molecule is CCN(CC(=O)O)C1CCN(C(=O)c2ccc(OCC(F)(F)F)nc2)CC1. The number of carbonyl (C=O) groups excluding carboxylic acids is 1. The second-order valence-electron chi connectivity index (χ2n) is 6.27. The number of rotatable bonds is 7. The third kappa shape index (κ3) is 6.38. The number of ether oxygens (including phenoxy) is 1. The van der Waals surface area contributed by atoms with Crippen LogP contribution in [-0.4, -0.2) is 76.8 Å². The number of aliphatic carboxylic acids is 1. The highest BCUT2D eigenvalue weighted by atomic mass is 19.4. The fourth-order valence-electron chi connectivity index (χ4n) is 3.04. The van der Waals surface area contributed by atoms with Gasteiger partial charge in [-0.2, -0.15) is 13.2 Å². The van der Waals surface area contributed by atoms with Crippen molar-refractivity contribution >= 4 is 11.9 Å². The van der Waals surface area contributed by atoms with Crippen LogP contribution in [0.5, 0.6) is 5.88 Å². The highest BCUT2D eigenvalue weighted by molar-refractivity contribution is 5.94. The Labute approximate surface area is 154 Å². The minimum atomic E-state index is -4.45. The molecule has 1 aliphatic rings. The molecule has 0 aromatic carbocycles. The summed E-state index contributed by atoms with van der Waals surface area (Å²) in [5.74, 6) is -1.34. The number of aromatic nitrogens is 1. The van der Waals surface area contributed by atoms with Crippen LogP contribution in [-0.2, 0) is 4.79 Å². The number of carboxylic acids is 1. The number of likely N-dealkylation sites (N-methyl/N-ethyl adjacent to an activating group) is 1. The molecular formula is C17H22F3N3O4. The number of amides is 1. The van der Waals surface area contributed by atoms with Gasteiger partial charge < -0.3 is 14.7 Å². The maximum atomic E-state index is 12.5. The molecule has 27 heavy (non-hydrogen) atoms. The van der Waals surface area contributed by atoms with E-state index in [0.717, 1.165) is 0 Å². The number of hydrogen-bond acceptors (Lipinski definition) is 5. The lowest BCUT2D eigenvalue weighted by Crippen LogP contribution is -2.48. The largest absolute Gasteiger partial charge is 0.480 e. The lowest BCUT2D eigenvalue weighted by atomic mass is 10.0. The molecule has 1 fully saturated rings. The average Bonchev–Trinajstić information content (AvgIpc) is 2.64. The molecule has 1 aliphatic heterocycles. The van der Waals surface area contributed by atoms with Gasteiger partial charge in [-0.1, -0.05) is 6.92 Å². The first-order valence-corrected chi connectivity index (χ1v) is 8.60. The van der Waals surface area contributed by atoms with Crippen molar-refractivity contribution in [3.8, 4) is 5.88 Å². The zero-order chi connectivity index (χ0) is 20.0. The zero-order valence-corrected chi connectivity index (χ0v) is 14.9. The molecule has 0 saturated carbocycles. The number of pyridine rings is 1. The topological polar surface area (TPSA) is 83.0 Å². The van der Waals surface area contributed by atoms with E-state index >= 15 is 0 Å². The molecule has 1 saturated heterocycles. The Hall–Kier alpha value is -2.36. The standard InChI is InChI=1S/C17H22F3N3O4/c1-2-22(10-15(24)25)13-5-7-23(8-6-13)16(26)12-3-4-14(21-9-12)27-11-17(18,19)20/h3-4,9,13H,2,5-8,10-11H2,1H3,(H,24,25). The second kappa shape index (κ2) is 9.03. The van der Waals surface area contributed by atoms with Crippen molar-refractivity contribution in [1.29, 1.82) is 0 Å². The Morgan fingerprint density at radius 1 is 1.33 bits per heavy atom. The maximum absolute atomic E-state index is 12.5. The highest BCUT2D eigenvalue weighted by Gasteiger charge is 2.29. The molecule has 7 nitrogen and oxygen atoms in total. The van der Waals surface area contributed by atoms with Crippen molar-refractivity contribution in [2.24, 2.45) is 0 Å². The van der Waals surface area contributed by atoms with Crippen LogP contribution in [0, 0.1) is 0 Å². The molecule has 1 aromatic rings. The molecule has 2 heterocycles. The minimum Gasteiger partial charge on any atom is -0.480 e. The number of carbonyl (C=O) groups is 2. The summed E-state index contributed by atoms with van der Waals surface area (Å²) < 4.78 is 40.9. The van der Waals surface area contributed by atoms with Crippen molar-refractivity contribution < 1.29 is 32.6 Å². The van der Waals surface area contributed by atoms with E-state index in [1.807, 2.05) is 11.8 Å². The van der Waals surface area contributed by atoms with Crippen molar-refractivity contribution in [3.63, 3.8) is 0 Å². The molecular weight excluding hydrogens is 367 g/mol. The number of likely N-dealkylation sites (tertiary alicyclic amines) is 1. The van der Waals surface area contributed by atoms with Crippen molar-refractivity contribution in [2.45, 2.75) is 32.0 Å². The van der Waals surface area contributed by atoms with Gasteiger partial charge in [-0.3, -0.25) is 14.5 Å². The molecule has 0 spiro atoms. The molecule has 0 radical (unpaired) electrons. The van der Waals surface area contributed by atoms with Gasteiger partial charge in [0.15, 0.2) is 6.61 Å². The summed E-state index contributed by atoms with van der Waals surface area (Å²) >= 11 is 0. The van der Waals surface area contributed by atoms with Crippen LogP contribution in [0.25, 0.3) is 0 Å². The van der Waals surface area contributed by atoms with Gasteiger partial charge in [-0.25, -0.2) is 4.98 Å². The fraction of sp³-hybridized carbons (Fsp3) is 0.588. The summed E-state index contributed by atoms with van der Waals surface area (Å²) in [6, 6.07) is 2.72. The van der Waals surface area contributed by atoms with Crippen LogP contribution < -0.4 is 4.74 Å². The van der Waals surface area contributed by atoms with Gasteiger partial charge in [-0.15, -0.1) is 0 Å². The first-order chi connectivity index (χ1) is 12.7. The smallest absolute Gasteiger partial charge is 0.422 e. The van der Waals surface area contributed by atoms with E-state index in [9.17, 15) is 22.8 Å². The predicted molar refractivity (Wildman–Crippen MR) is 89.6 cm³/mol. The summed E-state index contributed by atoms with van der Waals surface area (Å²) in [6.07, 6.45) is -1.93. The van der Waals surface area contributed by atoms with E-state index in [2.05, 4.69) is 9.72 Å². The van der Waals surface area contributed by atoms with Gasteiger partial charge in [-0.05, 0) is 25.5 Å². The molecule has 0 aliphatic carbocycles. The van der Waals surface area contributed by atoms with Gasteiger partial charge >= 0.3 is 12.1 Å². The number of carboxylic acid groups (broad SMARTS) is 1. The molecule has 2 rings (SSSR count). The Morgan fingerprint density at radius 3 is 2.48 bits per heavy atom. The summed E-state index contributed by atoms with van der Waals surface area (Å²) in [4.78, 5) is 30.7. The lowest BCUT2D eigenvalue weighted by molar-refractivity contribution is -0.154. The van der Waals surface area contributed by atoms with Gasteiger partial charge in [0.05, 0.1) is 12.1 Å². The van der Waals surface area contributed by atoms with Crippen LogP contribution in [0.15, 0.2) is 18.3 Å². The van der Waals surface area contributed by atoms with Crippen molar-refractivity contribution in [2.75, 3.05) is 32.8 Å². The average molecular weight is 389 g/mol. The monoisotopic (exact) mass is 389 g/mol. The Kier molecular flexibility index (Phi) is 7.00. The van der Waals surface area contributed by atoms with E-state index in [-0.39, 0.29) is 29.9 Å². The minimum absolute atomic E-state index is 0.0293. The van der Waals surface area contributed by atoms with Crippen LogP contribution in [0.3, 0.4) is 0 Å². The fourth-order valence-corrected chi connectivity index (χ4v) is 3.04. The van der Waals surface area contributed by atoms with Crippen LogP contribution in [0.2, 0.25) is 0 Å². The number of nitrogens with zero attached hydrogens (tertiary/aromatic N) is 3. The second-order valence-corrected chi connectivity index (χ2v) is 6.27. The van der Waals surface area contributed by atoms with E-state index in [1.54, 1.807) is 4.90 Å². The quantitative estimate of drug-likeness (QED) is 0.769. The summed E-state index contributed by atoms with van der Waals surface area (Å²) in [5.41, 5.74) is 0.269. The molecule has 0 unspecified atom stereocenters. The number of alkyl halides is 3. The third-order valence-electron chi connectivity index (χ3n) is 4.38. The summed E-state index contributed by atoms with van der Waals surface area (Å²) in [5, 5.41) is 8.95. The van der Waals surface area contributed by atoms with Gasteiger partial charge in [0.25, 0.3) is 5.91 Å². The molecule has 0 bridgehead atoms. The van der Waals surface area contributed by atoms with E-state index in [0.29, 0.717) is 32.5 Å².